The van der Waals surface area contributed by atoms with Gasteiger partial charge >= 0.3 is 0 Å². The quantitative estimate of drug-likeness (QED) is 0.484. The molecule has 0 aliphatic heterocycles. The molecule has 0 saturated carbocycles. The van der Waals surface area contributed by atoms with E-state index in [1.54, 1.807) is 12.1 Å². The Morgan fingerprint density at radius 3 is 2.75 bits per heavy atom. The van der Waals surface area contributed by atoms with Crippen LogP contribution in [0.5, 0.6) is 11.6 Å². The Balaban J connectivity index is 2.37. The summed E-state index contributed by atoms with van der Waals surface area (Å²) >= 11 is 6.03. The fourth-order valence-corrected chi connectivity index (χ4v) is 2.04. The highest BCUT2D eigenvalue weighted by Gasteiger charge is 2.16. The van der Waals surface area contributed by atoms with Crippen LogP contribution in [0.4, 0.5) is 5.69 Å². The molecule has 20 heavy (non-hydrogen) atoms. The normalized spacial score (nSPS) is 10.6. The van der Waals surface area contributed by atoms with Crippen molar-refractivity contribution in [3.05, 3.63) is 51.4 Å². The Labute approximate surface area is 120 Å². The average molecular weight is 294 g/mol. The van der Waals surface area contributed by atoms with Crippen LogP contribution in [0.1, 0.15) is 25.3 Å². The van der Waals surface area contributed by atoms with Crippen LogP contribution < -0.4 is 4.74 Å². The lowest BCUT2D eigenvalue weighted by Gasteiger charge is -2.13. The first-order chi connectivity index (χ1) is 9.49. The highest BCUT2D eigenvalue weighted by molar-refractivity contribution is 6.30. The van der Waals surface area contributed by atoms with Crippen LogP contribution in [-0.4, -0.2) is 14.9 Å². The fraction of sp³-hybridized carbons (Fsp3) is 0.231. The van der Waals surface area contributed by atoms with Crippen molar-refractivity contribution < 1.29 is 9.66 Å². The molecule has 1 heterocycles. The number of halogens is 1. The van der Waals surface area contributed by atoms with Crippen molar-refractivity contribution in [3.63, 3.8) is 0 Å². The number of hydrogen-bond donors (Lipinski definition) is 0. The van der Waals surface area contributed by atoms with Crippen LogP contribution in [0.2, 0.25) is 5.15 Å². The monoisotopic (exact) mass is 293 g/mol. The second-order valence-electron chi connectivity index (χ2n) is 4.39. The van der Waals surface area contributed by atoms with E-state index in [4.69, 9.17) is 16.3 Å². The molecule has 6 nitrogen and oxygen atoms in total. The van der Waals surface area contributed by atoms with E-state index < -0.39 is 4.92 Å². The minimum absolute atomic E-state index is 0.0475. The van der Waals surface area contributed by atoms with Crippen molar-refractivity contribution in [1.82, 2.24) is 9.97 Å². The van der Waals surface area contributed by atoms with Gasteiger partial charge in [0.05, 0.1) is 16.6 Å². The van der Waals surface area contributed by atoms with Crippen molar-refractivity contribution in [2.24, 2.45) is 0 Å². The Bertz CT molecular complexity index is 647. The average Bonchev–Trinajstić information content (AvgIpc) is 2.38. The number of hydrogen-bond acceptors (Lipinski definition) is 5. The van der Waals surface area contributed by atoms with Gasteiger partial charge in [-0.05, 0) is 12.0 Å². The van der Waals surface area contributed by atoms with Gasteiger partial charge in [-0.1, -0.05) is 31.5 Å². The van der Waals surface area contributed by atoms with Crippen LogP contribution in [0, 0.1) is 10.1 Å². The van der Waals surface area contributed by atoms with Gasteiger partial charge in [-0.2, -0.15) is 0 Å². The standard InChI is InChI=1S/C13H12ClN3O3/c1-8(2)11-12(14)15-7-16-13(11)20-10-5-3-4-9(6-10)17(18)19/h3-8H,1-2H3. The second kappa shape index (κ2) is 5.83. The zero-order chi connectivity index (χ0) is 14.7. The molecule has 2 rings (SSSR count). The topological polar surface area (TPSA) is 78.2 Å². The van der Waals surface area contributed by atoms with Crippen molar-refractivity contribution in [2.45, 2.75) is 19.8 Å². The SMILES string of the molecule is CC(C)c1c(Cl)ncnc1Oc1cccc([N+](=O)[O-])c1. The predicted octanol–water partition coefficient (Wildman–Crippen LogP) is 3.95. The first-order valence-electron chi connectivity index (χ1n) is 5.91. The van der Waals surface area contributed by atoms with Crippen LogP contribution in [-0.2, 0) is 0 Å². The number of rotatable bonds is 4. The Morgan fingerprint density at radius 2 is 2.10 bits per heavy atom. The molecule has 0 amide bonds. The Kier molecular flexibility index (Phi) is 4.14. The van der Waals surface area contributed by atoms with E-state index in [1.807, 2.05) is 13.8 Å². The molecule has 2 aromatic rings. The second-order valence-corrected chi connectivity index (χ2v) is 4.75. The molecule has 7 heteroatoms. The van der Waals surface area contributed by atoms with Gasteiger partial charge in [0.15, 0.2) is 0 Å². The van der Waals surface area contributed by atoms with E-state index in [0.29, 0.717) is 22.3 Å². The molecule has 1 aromatic carbocycles. The molecule has 0 atom stereocenters. The van der Waals surface area contributed by atoms with Gasteiger partial charge in [-0.25, -0.2) is 9.97 Å². The number of nitro groups is 1. The molecule has 0 bridgehead atoms. The number of non-ortho nitro benzene ring substituents is 1. The van der Waals surface area contributed by atoms with Crippen molar-refractivity contribution >= 4 is 17.3 Å². The number of aromatic nitrogens is 2. The maximum Gasteiger partial charge on any atom is 0.273 e. The van der Waals surface area contributed by atoms with Crippen LogP contribution >= 0.6 is 11.6 Å². The maximum atomic E-state index is 10.7. The zero-order valence-corrected chi connectivity index (χ0v) is 11.7. The number of benzene rings is 1. The molecule has 0 unspecified atom stereocenters. The molecular formula is C13H12ClN3O3. The van der Waals surface area contributed by atoms with Gasteiger partial charge in [0, 0.05) is 6.07 Å². The lowest BCUT2D eigenvalue weighted by molar-refractivity contribution is -0.384. The molecule has 0 spiro atoms. The van der Waals surface area contributed by atoms with E-state index in [1.165, 1.54) is 18.5 Å². The zero-order valence-electron chi connectivity index (χ0n) is 10.9. The van der Waals surface area contributed by atoms with Gasteiger partial charge in [0.25, 0.3) is 5.69 Å². The summed E-state index contributed by atoms with van der Waals surface area (Å²) in [6.07, 6.45) is 1.29. The van der Waals surface area contributed by atoms with E-state index in [9.17, 15) is 10.1 Å². The molecule has 1 aromatic heterocycles. The summed E-state index contributed by atoms with van der Waals surface area (Å²) in [5.41, 5.74) is 0.620. The summed E-state index contributed by atoms with van der Waals surface area (Å²) in [5, 5.41) is 11.1. The van der Waals surface area contributed by atoms with Crippen LogP contribution in [0.3, 0.4) is 0 Å². The lowest BCUT2D eigenvalue weighted by atomic mass is 10.1. The summed E-state index contributed by atoms with van der Waals surface area (Å²) in [5.74, 6) is 0.703. The molecule has 0 aliphatic rings. The first-order valence-corrected chi connectivity index (χ1v) is 6.29. The van der Waals surface area contributed by atoms with E-state index >= 15 is 0 Å². The summed E-state index contributed by atoms with van der Waals surface area (Å²) in [6, 6.07) is 5.89. The summed E-state index contributed by atoms with van der Waals surface area (Å²) < 4.78 is 5.60. The largest absolute Gasteiger partial charge is 0.438 e. The van der Waals surface area contributed by atoms with Gasteiger partial charge < -0.3 is 4.74 Å². The third kappa shape index (κ3) is 3.03. The highest BCUT2D eigenvalue weighted by atomic mass is 35.5. The van der Waals surface area contributed by atoms with Gasteiger partial charge in [0.1, 0.15) is 17.2 Å². The van der Waals surface area contributed by atoms with Crippen molar-refractivity contribution in [1.29, 1.82) is 0 Å². The van der Waals surface area contributed by atoms with Gasteiger partial charge in [0.2, 0.25) is 5.88 Å². The van der Waals surface area contributed by atoms with Gasteiger partial charge in [-0.3, -0.25) is 10.1 Å². The van der Waals surface area contributed by atoms with Gasteiger partial charge in [-0.15, -0.1) is 0 Å². The molecule has 0 aliphatic carbocycles. The molecule has 0 fully saturated rings. The van der Waals surface area contributed by atoms with E-state index in [0.717, 1.165) is 0 Å². The maximum absolute atomic E-state index is 10.7. The smallest absolute Gasteiger partial charge is 0.273 e. The number of nitrogens with zero attached hydrogens (tertiary/aromatic N) is 3. The molecule has 0 N–H and O–H groups in total. The number of nitro benzene ring substituents is 1. The first kappa shape index (κ1) is 14.2. The molecule has 104 valence electrons. The molecular weight excluding hydrogens is 282 g/mol. The summed E-state index contributed by atoms with van der Waals surface area (Å²) in [6.45, 7) is 3.87. The Morgan fingerprint density at radius 1 is 1.35 bits per heavy atom. The molecule has 0 saturated heterocycles. The summed E-state index contributed by atoms with van der Waals surface area (Å²) in [4.78, 5) is 18.2. The minimum Gasteiger partial charge on any atom is -0.438 e. The van der Waals surface area contributed by atoms with Crippen LogP contribution in [0.25, 0.3) is 0 Å². The minimum atomic E-state index is -0.483. The number of ether oxygens (including phenoxy) is 1. The van der Waals surface area contributed by atoms with E-state index in [2.05, 4.69) is 9.97 Å². The van der Waals surface area contributed by atoms with E-state index in [-0.39, 0.29) is 11.6 Å². The fourth-order valence-electron chi connectivity index (χ4n) is 1.70. The van der Waals surface area contributed by atoms with Crippen molar-refractivity contribution in [2.75, 3.05) is 0 Å². The third-order valence-corrected chi connectivity index (χ3v) is 2.92. The lowest BCUT2D eigenvalue weighted by Crippen LogP contribution is -2.00. The molecule has 0 radical (unpaired) electrons. The van der Waals surface area contributed by atoms with Crippen LogP contribution in [0.15, 0.2) is 30.6 Å². The summed E-state index contributed by atoms with van der Waals surface area (Å²) in [7, 11) is 0. The predicted molar refractivity (Wildman–Crippen MR) is 74.3 cm³/mol. The Hall–Kier alpha value is -2.21. The highest BCUT2D eigenvalue weighted by Crippen LogP contribution is 2.33. The van der Waals surface area contributed by atoms with Crippen molar-refractivity contribution in [3.8, 4) is 11.6 Å². The third-order valence-electron chi connectivity index (χ3n) is 2.62.